The van der Waals surface area contributed by atoms with E-state index >= 15 is 0 Å². The van der Waals surface area contributed by atoms with Crippen molar-refractivity contribution in [2.45, 2.75) is 37.1 Å². The molecule has 0 spiro atoms. The zero-order valence-electron chi connectivity index (χ0n) is 16.9. The molecule has 2 aromatic carbocycles. The standard InChI is InChI=1S/C23H20N4O3S/c1-14(28)25-18-6-3-7-19(11-18)27-13-24-26-23(27)31-12-17-10-22(29)30-21-9-16-5-2-4-15(16)8-20(17)21/h3,6-11,13H,2,4-5,12H2,1H3,(H,25,28). The molecule has 31 heavy (non-hydrogen) atoms. The fraction of sp³-hybridized carbons (Fsp3) is 0.217. The van der Waals surface area contributed by atoms with E-state index in [4.69, 9.17) is 4.42 Å². The van der Waals surface area contributed by atoms with Crippen LogP contribution in [0.5, 0.6) is 0 Å². The third-order valence-electron chi connectivity index (χ3n) is 5.36. The number of nitrogens with zero attached hydrogens (tertiary/aromatic N) is 3. The largest absolute Gasteiger partial charge is 0.423 e. The highest BCUT2D eigenvalue weighted by Gasteiger charge is 2.16. The van der Waals surface area contributed by atoms with Gasteiger partial charge in [-0.1, -0.05) is 17.8 Å². The molecule has 4 aromatic rings. The molecule has 8 heteroatoms. The molecule has 7 nitrogen and oxygen atoms in total. The second-order valence-electron chi connectivity index (χ2n) is 7.57. The van der Waals surface area contributed by atoms with Gasteiger partial charge in [0.15, 0.2) is 5.16 Å². The maximum Gasteiger partial charge on any atom is 0.336 e. The summed E-state index contributed by atoms with van der Waals surface area (Å²) in [4.78, 5) is 23.5. The second-order valence-corrected chi connectivity index (χ2v) is 8.51. The normalized spacial score (nSPS) is 12.8. The number of aromatic nitrogens is 3. The van der Waals surface area contributed by atoms with Gasteiger partial charge < -0.3 is 9.73 Å². The Morgan fingerprint density at radius 2 is 2.03 bits per heavy atom. The number of hydrogen-bond donors (Lipinski definition) is 1. The SMILES string of the molecule is CC(=O)Nc1cccc(-n2cnnc2SCc2cc(=O)oc3cc4c(cc23)CCC4)c1. The van der Waals surface area contributed by atoms with E-state index in [9.17, 15) is 9.59 Å². The van der Waals surface area contributed by atoms with Crippen molar-refractivity contribution in [2.24, 2.45) is 0 Å². The molecule has 0 unspecified atom stereocenters. The number of amides is 1. The van der Waals surface area contributed by atoms with Crippen molar-refractivity contribution in [3.05, 3.63) is 75.9 Å². The van der Waals surface area contributed by atoms with E-state index in [2.05, 4.69) is 21.6 Å². The number of thioether (sulfide) groups is 1. The van der Waals surface area contributed by atoms with Crippen LogP contribution in [-0.4, -0.2) is 20.7 Å². The molecule has 5 rings (SSSR count). The van der Waals surface area contributed by atoms with Crippen LogP contribution in [0.4, 0.5) is 5.69 Å². The van der Waals surface area contributed by atoms with Crippen LogP contribution in [0.15, 0.2) is 63.2 Å². The Morgan fingerprint density at radius 3 is 2.87 bits per heavy atom. The number of anilines is 1. The van der Waals surface area contributed by atoms with E-state index in [0.717, 1.165) is 35.9 Å². The molecule has 1 aliphatic rings. The summed E-state index contributed by atoms with van der Waals surface area (Å²) in [6.45, 7) is 1.48. The van der Waals surface area contributed by atoms with E-state index in [1.54, 1.807) is 12.4 Å². The molecular formula is C23H20N4O3S. The van der Waals surface area contributed by atoms with Crippen molar-refractivity contribution < 1.29 is 9.21 Å². The Kier molecular flexibility index (Phi) is 5.07. The van der Waals surface area contributed by atoms with Crippen LogP contribution in [0.3, 0.4) is 0 Å². The first-order valence-electron chi connectivity index (χ1n) is 10.1. The van der Waals surface area contributed by atoms with E-state index in [0.29, 0.717) is 22.2 Å². The van der Waals surface area contributed by atoms with E-state index in [1.165, 1.54) is 29.8 Å². The number of aryl methyl sites for hydroxylation is 2. The summed E-state index contributed by atoms with van der Waals surface area (Å²) in [6, 6.07) is 13.2. The average molecular weight is 433 g/mol. The Bertz CT molecular complexity index is 1360. The van der Waals surface area contributed by atoms with Crippen LogP contribution < -0.4 is 10.9 Å². The molecule has 0 fully saturated rings. The van der Waals surface area contributed by atoms with Gasteiger partial charge >= 0.3 is 5.63 Å². The van der Waals surface area contributed by atoms with Gasteiger partial charge in [-0.15, -0.1) is 10.2 Å². The highest BCUT2D eigenvalue weighted by Crippen LogP contribution is 2.31. The van der Waals surface area contributed by atoms with E-state index in [-0.39, 0.29) is 11.5 Å². The highest BCUT2D eigenvalue weighted by atomic mass is 32.2. The van der Waals surface area contributed by atoms with Crippen LogP contribution in [0.2, 0.25) is 0 Å². The minimum atomic E-state index is -0.342. The summed E-state index contributed by atoms with van der Waals surface area (Å²) in [6.07, 6.45) is 4.88. The zero-order valence-corrected chi connectivity index (χ0v) is 17.7. The lowest BCUT2D eigenvalue weighted by molar-refractivity contribution is -0.114. The summed E-state index contributed by atoms with van der Waals surface area (Å²) < 4.78 is 7.33. The molecule has 0 bridgehead atoms. The highest BCUT2D eigenvalue weighted by molar-refractivity contribution is 7.98. The number of rotatable bonds is 5. The van der Waals surface area contributed by atoms with Crippen LogP contribution in [-0.2, 0) is 23.4 Å². The van der Waals surface area contributed by atoms with Crippen molar-refractivity contribution in [3.63, 3.8) is 0 Å². The Morgan fingerprint density at radius 1 is 1.19 bits per heavy atom. The number of fused-ring (bicyclic) bond motifs is 2. The average Bonchev–Trinajstić information content (AvgIpc) is 3.39. The van der Waals surface area contributed by atoms with Crippen molar-refractivity contribution in [2.75, 3.05) is 5.32 Å². The third-order valence-corrected chi connectivity index (χ3v) is 6.35. The van der Waals surface area contributed by atoms with Crippen molar-refractivity contribution in [1.82, 2.24) is 14.8 Å². The molecule has 0 aliphatic heterocycles. The minimum absolute atomic E-state index is 0.128. The van der Waals surface area contributed by atoms with Gasteiger partial charge in [0, 0.05) is 29.8 Å². The third kappa shape index (κ3) is 3.98. The minimum Gasteiger partial charge on any atom is -0.423 e. The van der Waals surface area contributed by atoms with Gasteiger partial charge in [0.1, 0.15) is 11.9 Å². The zero-order chi connectivity index (χ0) is 21.4. The molecule has 0 radical (unpaired) electrons. The van der Waals surface area contributed by atoms with Crippen molar-refractivity contribution >= 4 is 34.3 Å². The van der Waals surface area contributed by atoms with E-state index < -0.39 is 0 Å². The Hall–Kier alpha value is -3.39. The van der Waals surface area contributed by atoms with Crippen LogP contribution >= 0.6 is 11.8 Å². The first-order valence-corrected chi connectivity index (χ1v) is 11.0. The fourth-order valence-corrected chi connectivity index (χ4v) is 4.91. The number of hydrogen-bond acceptors (Lipinski definition) is 6. The first-order chi connectivity index (χ1) is 15.1. The van der Waals surface area contributed by atoms with Gasteiger partial charge in [-0.05, 0) is 66.3 Å². The second kappa shape index (κ2) is 8.03. The fourth-order valence-electron chi connectivity index (χ4n) is 3.99. The molecule has 2 aromatic heterocycles. The predicted molar refractivity (Wildman–Crippen MR) is 120 cm³/mol. The summed E-state index contributed by atoms with van der Waals surface area (Å²) in [5.41, 5.74) is 5.39. The predicted octanol–water partition coefficient (Wildman–Crippen LogP) is 4.11. The lowest BCUT2D eigenvalue weighted by Crippen LogP contribution is -2.06. The molecule has 0 atom stereocenters. The number of benzene rings is 2. The lowest BCUT2D eigenvalue weighted by Gasteiger charge is -2.10. The van der Waals surface area contributed by atoms with Crippen LogP contribution in [0.1, 0.15) is 30.0 Å². The molecule has 156 valence electrons. The maximum atomic E-state index is 12.1. The van der Waals surface area contributed by atoms with Gasteiger partial charge in [0.05, 0.1) is 5.69 Å². The molecule has 2 heterocycles. The van der Waals surface area contributed by atoms with Gasteiger partial charge in [-0.2, -0.15) is 0 Å². The number of carbonyl (C=O) groups is 1. The molecule has 1 N–H and O–H groups in total. The topological polar surface area (TPSA) is 90.0 Å². The molecular weight excluding hydrogens is 412 g/mol. The lowest BCUT2D eigenvalue weighted by atomic mass is 10.0. The van der Waals surface area contributed by atoms with Gasteiger partial charge in [0.2, 0.25) is 5.91 Å². The van der Waals surface area contributed by atoms with Crippen LogP contribution in [0, 0.1) is 0 Å². The summed E-state index contributed by atoms with van der Waals surface area (Å²) in [5.74, 6) is 0.432. The number of nitrogens with one attached hydrogen (secondary N) is 1. The quantitative estimate of drug-likeness (QED) is 0.377. The maximum absolute atomic E-state index is 12.1. The van der Waals surface area contributed by atoms with E-state index in [1.807, 2.05) is 34.9 Å². The Balaban J connectivity index is 1.45. The Labute approximate surface area is 182 Å². The van der Waals surface area contributed by atoms with Gasteiger partial charge in [-0.3, -0.25) is 9.36 Å². The molecule has 0 saturated heterocycles. The molecule has 1 aliphatic carbocycles. The number of carbonyl (C=O) groups excluding carboxylic acids is 1. The van der Waals surface area contributed by atoms with Gasteiger partial charge in [-0.25, -0.2) is 4.79 Å². The summed E-state index contributed by atoms with van der Waals surface area (Å²) in [5, 5.41) is 12.8. The van der Waals surface area contributed by atoms with Gasteiger partial charge in [0.25, 0.3) is 0 Å². The first kappa shape index (κ1) is 19.6. The van der Waals surface area contributed by atoms with Crippen molar-refractivity contribution in [1.29, 1.82) is 0 Å². The van der Waals surface area contributed by atoms with Crippen molar-refractivity contribution in [3.8, 4) is 5.69 Å². The summed E-state index contributed by atoms with van der Waals surface area (Å²) >= 11 is 1.50. The molecule has 1 amide bonds. The monoisotopic (exact) mass is 432 g/mol. The molecule has 0 saturated carbocycles. The smallest absolute Gasteiger partial charge is 0.336 e. The summed E-state index contributed by atoms with van der Waals surface area (Å²) in [7, 11) is 0. The van der Waals surface area contributed by atoms with Crippen LogP contribution in [0.25, 0.3) is 16.7 Å².